The van der Waals surface area contributed by atoms with Crippen molar-refractivity contribution in [3.8, 4) is 0 Å². The highest BCUT2D eigenvalue weighted by Crippen LogP contribution is 2.14. The minimum Gasteiger partial charge on any atom is -0.436 e. The van der Waals surface area contributed by atoms with Crippen molar-refractivity contribution in [2.24, 2.45) is 0 Å². The van der Waals surface area contributed by atoms with Gasteiger partial charge in [0.15, 0.2) is 11.6 Å². The molecule has 2 heterocycles. The number of ketones is 1. The molecule has 0 aromatic carbocycles. The first-order valence-electron chi connectivity index (χ1n) is 4.83. The van der Waals surface area contributed by atoms with E-state index in [0.717, 1.165) is 0 Å². The van der Waals surface area contributed by atoms with Crippen molar-refractivity contribution in [1.29, 1.82) is 0 Å². The number of hydrogen-bond acceptors (Lipinski definition) is 4. The van der Waals surface area contributed by atoms with Gasteiger partial charge in [0.05, 0.1) is 0 Å². The quantitative estimate of drug-likeness (QED) is 0.735. The highest BCUT2D eigenvalue weighted by Gasteiger charge is 2.23. The number of anilines is 1. The zero-order chi connectivity index (χ0) is 10.8. The van der Waals surface area contributed by atoms with E-state index in [1.807, 2.05) is 0 Å². The Morgan fingerprint density at radius 1 is 1.33 bits per heavy atom. The van der Waals surface area contributed by atoms with Gasteiger partial charge in [-0.1, -0.05) is 0 Å². The summed E-state index contributed by atoms with van der Waals surface area (Å²) in [6.45, 7) is 0.941. The third kappa shape index (κ3) is 2.01. The average Bonchev–Trinajstić information content (AvgIpc) is 2.65. The molecule has 0 radical (unpaired) electrons. The summed E-state index contributed by atoms with van der Waals surface area (Å²) in [7, 11) is 0. The molecular weight excluding hydrogens is 196 g/mol. The minimum atomic E-state index is -0.195. The molecule has 80 valence electrons. The summed E-state index contributed by atoms with van der Waals surface area (Å²) in [6, 6.07) is 3.09. The van der Waals surface area contributed by atoms with Crippen molar-refractivity contribution in [1.82, 2.24) is 4.90 Å². The smallest absolute Gasteiger partial charge is 0.289 e. The Labute approximate surface area is 86.8 Å². The number of carbonyl (C=O) groups is 2. The maximum atomic E-state index is 11.8. The van der Waals surface area contributed by atoms with Crippen molar-refractivity contribution in [3.05, 3.63) is 17.9 Å². The number of Topliss-reactive ketones (excluding diaryl/α,β-unsaturated/α-hetero) is 1. The molecular formula is C10H12N2O3. The fraction of sp³-hybridized carbons (Fsp3) is 0.400. The molecule has 0 atom stereocenters. The zero-order valence-electron chi connectivity index (χ0n) is 8.23. The SMILES string of the molecule is Nc1ccc(C(=O)N2CCC(=O)CC2)o1. The lowest BCUT2D eigenvalue weighted by atomic mass is 10.1. The van der Waals surface area contributed by atoms with Crippen molar-refractivity contribution in [2.45, 2.75) is 12.8 Å². The summed E-state index contributed by atoms with van der Waals surface area (Å²) in [5.74, 6) is 0.477. The number of amides is 1. The maximum Gasteiger partial charge on any atom is 0.289 e. The number of carbonyl (C=O) groups excluding carboxylic acids is 2. The van der Waals surface area contributed by atoms with Gasteiger partial charge in [-0.2, -0.15) is 0 Å². The molecule has 1 aromatic rings. The maximum absolute atomic E-state index is 11.8. The lowest BCUT2D eigenvalue weighted by Crippen LogP contribution is -2.38. The van der Waals surface area contributed by atoms with E-state index in [2.05, 4.69) is 0 Å². The number of rotatable bonds is 1. The predicted octanol–water partition coefficient (Wildman–Crippen LogP) is 0.667. The summed E-state index contributed by atoms with van der Waals surface area (Å²) in [6.07, 6.45) is 0.865. The summed E-state index contributed by atoms with van der Waals surface area (Å²) < 4.78 is 5.03. The van der Waals surface area contributed by atoms with Gasteiger partial charge >= 0.3 is 0 Å². The van der Waals surface area contributed by atoms with Gasteiger partial charge < -0.3 is 15.1 Å². The molecule has 5 heteroatoms. The molecule has 15 heavy (non-hydrogen) atoms. The fourth-order valence-electron chi connectivity index (χ4n) is 1.58. The molecule has 1 amide bonds. The van der Waals surface area contributed by atoms with Gasteiger partial charge in [-0.15, -0.1) is 0 Å². The first-order valence-corrected chi connectivity index (χ1v) is 4.83. The topological polar surface area (TPSA) is 76.5 Å². The van der Waals surface area contributed by atoms with E-state index in [1.165, 1.54) is 0 Å². The number of hydrogen-bond donors (Lipinski definition) is 1. The van der Waals surface area contributed by atoms with Crippen LogP contribution in [-0.4, -0.2) is 29.7 Å². The van der Waals surface area contributed by atoms with Gasteiger partial charge in [-0.05, 0) is 6.07 Å². The van der Waals surface area contributed by atoms with Crippen LogP contribution in [0.4, 0.5) is 5.88 Å². The highest BCUT2D eigenvalue weighted by atomic mass is 16.4. The van der Waals surface area contributed by atoms with Crippen LogP contribution in [0.25, 0.3) is 0 Å². The number of likely N-dealkylation sites (tertiary alicyclic amines) is 1. The van der Waals surface area contributed by atoms with Crippen molar-refractivity contribution in [2.75, 3.05) is 18.8 Å². The van der Waals surface area contributed by atoms with Gasteiger partial charge in [0, 0.05) is 32.0 Å². The number of furan rings is 1. The van der Waals surface area contributed by atoms with Gasteiger partial charge in [0.25, 0.3) is 5.91 Å². The molecule has 1 aromatic heterocycles. The molecule has 0 unspecified atom stereocenters. The predicted molar refractivity (Wildman–Crippen MR) is 53.3 cm³/mol. The second-order valence-corrected chi connectivity index (χ2v) is 3.53. The van der Waals surface area contributed by atoms with Crippen molar-refractivity contribution >= 4 is 17.6 Å². The first-order chi connectivity index (χ1) is 7.16. The Morgan fingerprint density at radius 3 is 2.53 bits per heavy atom. The number of nitrogens with zero attached hydrogens (tertiary/aromatic N) is 1. The van der Waals surface area contributed by atoms with Crippen LogP contribution < -0.4 is 5.73 Å². The Balaban J connectivity index is 2.05. The zero-order valence-corrected chi connectivity index (χ0v) is 8.23. The van der Waals surface area contributed by atoms with Crippen LogP contribution >= 0.6 is 0 Å². The molecule has 1 fully saturated rings. The molecule has 0 bridgehead atoms. The minimum absolute atomic E-state index is 0.195. The van der Waals surface area contributed by atoms with Gasteiger partial charge in [-0.3, -0.25) is 9.59 Å². The van der Waals surface area contributed by atoms with E-state index >= 15 is 0 Å². The van der Waals surface area contributed by atoms with Crippen molar-refractivity contribution < 1.29 is 14.0 Å². The molecule has 1 aliphatic heterocycles. The highest BCUT2D eigenvalue weighted by molar-refractivity contribution is 5.93. The molecule has 0 spiro atoms. The Bertz CT molecular complexity index is 387. The standard InChI is InChI=1S/C10H12N2O3/c11-9-2-1-8(15-9)10(14)12-5-3-7(13)4-6-12/h1-2H,3-6,11H2. The largest absolute Gasteiger partial charge is 0.436 e. The number of piperidine rings is 1. The van der Waals surface area contributed by atoms with E-state index < -0.39 is 0 Å². The van der Waals surface area contributed by atoms with E-state index in [4.69, 9.17) is 10.2 Å². The van der Waals surface area contributed by atoms with E-state index in [9.17, 15) is 9.59 Å². The third-order valence-electron chi connectivity index (χ3n) is 2.45. The van der Waals surface area contributed by atoms with E-state index in [0.29, 0.717) is 25.9 Å². The van der Waals surface area contributed by atoms with Crippen LogP contribution in [0.3, 0.4) is 0 Å². The first kappa shape index (κ1) is 9.76. The Hall–Kier alpha value is -1.78. The van der Waals surface area contributed by atoms with Crippen LogP contribution in [0.15, 0.2) is 16.5 Å². The molecule has 2 N–H and O–H groups in total. The summed E-state index contributed by atoms with van der Waals surface area (Å²) in [5, 5.41) is 0. The van der Waals surface area contributed by atoms with Gasteiger partial charge in [0.2, 0.25) is 0 Å². The lowest BCUT2D eigenvalue weighted by molar-refractivity contribution is -0.120. The molecule has 1 saturated heterocycles. The number of nitrogen functional groups attached to an aromatic ring is 1. The summed E-state index contributed by atoms with van der Waals surface area (Å²) >= 11 is 0. The van der Waals surface area contributed by atoms with Crippen LogP contribution in [0, 0.1) is 0 Å². The average molecular weight is 208 g/mol. The Morgan fingerprint density at radius 2 is 2.00 bits per heavy atom. The van der Waals surface area contributed by atoms with Crippen LogP contribution in [0.2, 0.25) is 0 Å². The van der Waals surface area contributed by atoms with Gasteiger partial charge in [-0.25, -0.2) is 0 Å². The monoisotopic (exact) mass is 208 g/mol. The second-order valence-electron chi connectivity index (χ2n) is 3.53. The normalized spacial score (nSPS) is 16.8. The molecule has 0 saturated carbocycles. The lowest BCUT2D eigenvalue weighted by Gasteiger charge is -2.24. The Kier molecular flexibility index (Phi) is 2.45. The van der Waals surface area contributed by atoms with Crippen molar-refractivity contribution in [3.63, 3.8) is 0 Å². The summed E-state index contributed by atoms with van der Waals surface area (Å²) in [4.78, 5) is 24.4. The van der Waals surface area contributed by atoms with Gasteiger partial charge in [0.1, 0.15) is 5.78 Å². The molecule has 2 rings (SSSR count). The van der Waals surface area contributed by atoms with Crippen LogP contribution in [0.5, 0.6) is 0 Å². The van der Waals surface area contributed by atoms with Crippen LogP contribution in [-0.2, 0) is 4.79 Å². The molecule has 5 nitrogen and oxygen atoms in total. The third-order valence-corrected chi connectivity index (χ3v) is 2.45. The van der Waals surface area contributed by atoms with E-state index in [-0.39, 0.29) is 23.3 Å². The van der Waals surface area contributed by atoms with Crippen LogP contribution in [0.1, 0.15) is 23.4 Å². The summed E-state index contributed by atoms with van der Waals surface area (Å²) in [5.41, 5.74) is 5.38. The second kappa shape index (κ2) is 3.76. The van der Waals surface area contributed by atoms with E-state index in [1.54, 1.807) is 17.0 Å². The number of nitrogens with two attached hydrogens (primary N) is 1. The fourth-order valence-corrected chi connectivity index (χ4v) is 1.58. The molecule has 0 aliphatic carbocycles. The molecule has 1 aliphatic rings.